The normalized spacial score (nSPS) is 10.5. The Morgan fingerprint density at radius 3 is 2.65 bits per heavy atom. The number of ether oxygens (including phenoxy) is 2. The highest BCUT2D eigenvalue weighted by atomic mass is 19.1. The van der Waals surface area contributed by atoms with E-state index in [9.17, 15) is 9.18 Å². The SMILES string of the molecule is CCOC(=O)c1cnc2ccc(Oc3ccc(F)cc3)nc2c1. The van der Waals surface area contributed by atoms with E-state index in [0.717, 1.165) is 0 Å². The summed E-state index contributed by atoms with van der Waals surface area (Å²) in [6, 6.07) is 10.6. The minimum absolute atomic E-state index is 0.290. The highest BCUT2D eigenvalue weighted by Crippen LogP contribution is 2.22. The van der Waals surface area contributed by atoms with Crippen LogP contribution >= 0.6 is 0 Å². The van der Waals surface area contributed by atoms with Gasteiger partial charge in [0.15, 0.2) is 0 Å². The van der Waals surface area contributed by atoms with Crippen molar-refractivity contribution in [1.82, 2.24) is 9.97 Å². The first-order valence-corrected chi connectivity index (χ1v) is 7.03. The monoisotopic (exact) mass is 312 g/mol. The summed E-state index contributed by atoms with van der Waals surface area (Å²) in [4.78, 5) is 20.2. The maximum atomic E-state index is 12.9. The first-order valence-electron chi connectivity index (χ1n) is 7.03. The van der Waals surface area contributed by atoms with Gasteiger partial charge in [0.25, 0.3) is 0 Å². The van der Waals surface area contributed by atoms with Crippen molar-refractivity contribution >= 4 is 17.0 Å². The molecular formula is C17H13FN2O3. The molecule has 5 nitrogen and oxygen atoms in total. The van der Waals surface area contributed by atoms with Crippen molar-refractivity contribution in [1.29, 1.82) is 0 Å². The van der Waals surface area contributed by atoms with Crippen LogP contribution in [0.15, 0.2) is 48.7 Å². The van der Waals surface area contributed by atoms with E-state index in [1.165, 1.54) is 30.5 Å². The highest BCUT2D eigenvalue weighted by molar-refractivity contribution is 5.92. The summed E-state index contributed by atoms with van der Waals surface area (Å²) in [6.07, 6.45) is 1.45. The van der Waals surface area contributed by atoms with Gasteiger partial charge < -0.3 is 9.47 Å². The van der Waals surface area contributed by atoms with Crippen LogP contribution in [0.4, 0.5) is 4.39 Å². The van der Waals surface area contributed by atoms with Crippen molar-refractivity contribution in [2.45, 2.75) is 6.92 Å². The topological polar surface area (TPSA) is 61.3 Å². The zero-order valence-electron chi connectivity index (χ0n) is 12.3. The third-order valence-electron chi connectivity index (χ3n) is 3.06. The second-order valence-corrected chi connectivity index (χ2v) is 4.69. The van der Waals surface area contributed by atoms with E-state index >= 15 is 0 Å². The van der Waals surface area contributed by atoms with Crippen molar-refractivity contribution < 1.29 is 18.7 Å². The van der Waals surface area contributed by atoms with Crippen LogP contribution in [0.5, 0.6) is 11.6 Å². The first-order chi connectivity index (χ1) is 11.2. The molecule has 0 N–H and O–H groups in total. The van der Waals surface area contributed by atoms with Crippen LogP contribution in [0.25, 0.3) is 11.0 Å². The lowest BCUT2D eigenvalue weighted by Gasteiger charge is -2.06. The van der Waals surface area contributed by atoms with Gasteiger partial charge >= 0.3 is 5.97 Å². The molecule has 0 bridgehead atoms. The van der Waals surface area contributed by atoms with Crippen LogP contribution in [0, 0.1) is 5.82 Å². The number of fused-ring (bicyclic) bond motifs is 1. The molecule has 0 saturated carbocycles. The third-order valence-corrected chi connectivity index (χ3v) is 3.06. The number of carbonyl (C=O) groups excluding carboxylic acids is 1. The number of hydrogen-bond acceptors (Lipinski definition) is 5. The predicted octanol–water partition coefficient (Wildman–Crippen LogP) is 3.74. The number of nitrogens with zero attached hydrogens (tertiary/aromatic N) is 2. The van der Waals surface area contributed by atoms with Gasteiger partial charge in [-0.1, -0.05) is 0 Å². The molecule has 0 aliphatic heterocycles. The van der Waals surface area contributed by atoms with E-state index in [1.54, 1.807) is 25.1 Å². The number of benzene rings is 1. The summed E-state index contributed by atoms with van der Waals surface area (Å²) in [6.45, 7) is 2.03. The Morgan fingerprint density at radius 1 is 1.13 bits per heavy atom. The summed E-state index contributed by atoms with van der Waals surface area (Å²) in [7, 11) is 0. The number of halogens is 1. The minimum Gasteiger partial charge on any atom is -0.462 e. The predicted molar refractivity (Wildman–Crippen MR) is 82.0 cm³/mol. The van der Waals surface area contributed by atoms with E-state index in [4.69, 9.17) is 9.47 Å². The van der Waals surface area contributed by atoms with Gasteiger partial charge in [0.2, 0.25) is 5.88 Å². The second-order valence-electron chi connectivity index (χ2n) is 4.69. The summed E-state index contributed by atoms with van der Waals surface area (Å²) in [5.41, 5.74) is 1.46. The average molecular weight is 312 g/mol. The molecule has 2 aromatic heterocycles. The van der Waals surface area contributed by atoms with Crippen molar-refractivity contribution in [2.24, 2.45) is 0 Å². The van der Waals surface area contributed by atoms with Gasteiger partial charge in [0.1, 0.15) is 11.6 Å². The molecule has 3 aromatic rings. The van der Waals surface area contributed by atoms with Gasteiger partial charge in [-0.25, -0.2) is 14.2 Å². The minimum atomic E-state index is -0.450. The molecule has 116 valence electrons. The Bertz CT molecular complexity index is 850. The summed E-state index contributed by atoms with van der Waals surface area (Å²) in [5, 5.41) is 0. The molecule has 0 amide bonds. The molecular weight excluding hydrogens is 299 g/mol. The summed E-state index contributed by atoms with van der Waals surface area (Å²) in [5.74, 6) is 0.000304. The van der Waals surface area contributed by atoms with Crippen LogP contribution in [-0.2, 0) is 4.74 Å². The fourth-order valence-corrected chi connectivity index (χ4v) is 1.99. The molecule has 0 radical (unpaired) electrons. The Morgan fingerprint density at radius 2 is 1.91 bits per heavy atom. The lowest BCUT2D eigenvalue weighted by Crippen LogP contribution is -2.05. The van der Waals surface area contributed by atoms with E-state index in [0.29, 0.717) is 28.2 Å². The molecule has 3 rings (SSSR count). The number of pyridine rings is 2. The lowest BCUT2D eigenvalue weighted by atomic mass is 10.2. The molecule has 6 heteroatoms. The van der Waals surface area contributed by atoms with Gasteiger partial charge in [-0.3, -0.25) is 4.98 Å². The fourth-order valence-electron chi connectivity index (χ4n) is 1.99. The number of rotatable bonds is 4. The van der Waals surface area contributed by atoms with Crippen LogP contribution < -0.4 is 4.74 Å². The molecule has 0 aliphatic rings. The van der Waals surface area contributed by atoms with Crippen molar-refractivity contribution in [3.8, 4) is 11.6 Å². The van der Waals surface area contributed by atoms with Crippen LogP contribution in [0.2, 0.25) is 0 Å². The smallest absolute Gasteiger partial charge is 0.339 e. The molecule has 0 unspecified atom stereocenters. The molecule has 0 aliphatic carbocycles. The maximum absolute atomic E-state index is 12.9. The zero-order valence-corrected chi connectivity index (χ0v) is 12.3. The molecule has 0 saturated heterocycles. The van der Waals surface area contributed by atoms with Gasteiger partial charge in [-0.15, -0.1) is 0 Å². The molecule has 0 atom stereocenters. The van der Waals surface area contributed by atoms with Crippen LogP contribution in [0.1, 0.15) is 17.3 Å². The highest BCUT2D eigenvalue weighted by Gasteiger charge is 2.09. The van der Waals surface area contributed by atoms with Crippen LogP contribution in [-0.4, -0.2) is 22.5 Å². The van der Waals surface area contributed by atoms with E-state index in [2.05, 4.69) is 9.97 Å². The van der Waals surface area contributed by atoms with Crippen molar-refractivity contribution in [3.63, 3.8) is 0 Å². The summed E-state index contributed by atoms with van der Waals surface area (Å²) < 4.78 is 23.4. The number of hydrogen-bond donors (Lipinski definition) is 0. The number of esters is 1. The quantitative estimate of drug-likeness (QED) is 0.687. The van der Waals surface area contributed by atoms with Gasteiger partial charge in [-0.2, -0.15) is 0 Å². The molecule has 0 fully saturated rings. The van der Waals surface area contributed by atoms with E-state index < -0.39 is 5.97 Å². The Balaban J connectivity index is 1.90. The lowest BCUT2D eigenvalue weighted by molar-refractivity contribution is 0.0526. The summed E-state index contributed by atoms with van der Waals surface area (Å²) >= 11 is 0. The van der Waals surface area contributed by atoms with Gasteiger partial charge in [-0.05, 0) is 43.3 Å². The standard InChI is InChI=1S/C17H13FN2O3/c1-2-22-17(21)11-9-15-14(19-10-11)7-8-16(20-15)23-13-5-3-12(18)4-6-13/h3-10H,2H2,1H3. The molecule has 1 aromatic carbocycles. The maximum Gasteiger partial charge on any atom is 0.339 e. The zero-order chi connectivity index (χ0) is 16.2. The number of aromatic nitrogens is 2. The Labute approximate surface area is 131 Å². The molecule has 2 heterocycles. The average Bonchev–Trinajstić information content (AvgIpc) is 2.56. The van der Waals surface area contributed by atoms with Crippen molar-refractivity contribution in [2.75, 3.05) is 6.61 Å². The van der Waals surface area contributed by atoms with E-state index in [-0.39, 0.29) is 12.4 Å². The Kier molecular flexibility index (Phi) is 4.14. The van der Waals surface area contributed by atoms with Crippen LogP contribution in [0.3, 0.4) is 0 Å². The molecule has 0 spiro atoms. The van der Waals surface area contributed by atoms with E-state index in [1.807, 2.05) is 0 Å². The van der Waals surface area contributed by atoms with Crippen molar-refractivity contribution in [3.05, 3.63) is 60.0 Å². The largest absolute Gasteiger partial charge is 0.462 e. The van der Waals surface area contributed by atoms with Gasteiger partial charge in [0, 0.05) is 12.3 Å². The first kappa shape index (κ1) is 14.9. The fraction of sp³-hybridized carbons (Fsp3) is 0.118. The Hall–Kier alpha value is -3.02. The molecule has 23 heavy (non-hydrogen) atoms. The van der Waals surface area contributed by atoms with Gasteiger partial charge in [0.05, 0.1) is 23.2 Å². The second kappa shape index (κ2) is 6.39. The third kappa shape index (κ3) is 3.42. The number of carbonyl (C=O) groups is 1.